The van der Waals surface area contributed by atoms with Gasteiger partial charge in [-0.3, -0.25) is 0 Å². The highest BCUT2D eigenvalue weighted by Gasteiger charge is 2.23. The van der Waals surface area contributed by atoms with Crippen LogP contribution < -0.4 is 25.3 Å². The van der Waals surface area contributed by atoms with E-state index in [0.29, 0.717) is 17.6 Å². The number of aromatic nitrogens is 2. The monoisotopic (exact) mass is 529 g/mol. The van der Waals surface area contributed by atoms with E-state index in [1.807, 2.05) is 0 Å². The smallest absolute Gasteiger partial charge is 0.232 e. The lowest BCUT2D eigenvalue weighted by Crippen LogP contribution is -2.47. The molecule has 9 heteroatoms. The zero-order chi connectivity index (χ0) is 25.7. The summed E-state index contributed by atoms with van der Waals surface area (Å²) in [4.78, 5) is 17.0. The van der Waals surface area contributed by atoms with Gasteiger partial charge in [-0.25, -0.2) is 0 Å². The highest BCUT2D eigenvalue weighted by Crippen LogP contribution is 2.28. The van der Waals surface area contributed by atoms with Crippen LogP contribution >= 0.6 is 12.2 Å². The second-order valence-corrected chi connectivity index (χ2v) is 10.5. The molecular formula is C29H35N7OS. The van der Waals surface area contributed by atoms with Gasteiger partial charge in [0.15, 0.2) is 5.11 Å². The highest BCUT2D eigenvalue weighted by molar-refractivity contribution is 7.80. The summed E-state index contributed by atoms with van der Waals surface area (Å²) < 4.78 is 5.72. The predicted octanol–water partition coefficient (Wildman–Crippen LogP) is 3.83. The van der Waals surface area contributed by atoms with Crippen LogP contribution in [0.2, 0.25) is 0 Å². The number of hydrogen-bond acceptors (Lipinski definition) is 7. The molecule has 3 aliphatic rings. The van der Waals surface area contributed by atoms with Gasteiger partial charge in [0.2, 0.25) is 5.95 Å². The summed E-state index contributed by atoms with van der Waals surface area (Å²) in [6.07, 6.45) is 3.40. The maximum absolute atomic E-state index is 5.72. The topological polar surface area (TPSA) is 68.8 Å². The average Bonchev–Trinajstić information content (AvgIpc) is 3.50. The summed E-state index contributed by atoms with van der Waals surface area (Å²) in [5, 5.41) is 7.08. The Hall–Kier alpha value is -3.43. The molecule has 0 radical (unpaired) electrons. The van der Waals surface area contributed by atoms with Crippen molar-refractivity contribution in [1.29, 1.82) is 0 Å². The minimum Gasteiger partial charge on any atom is -0.376 e. The largest absolute Gasteiger partial charge is 0.376 e. The van der Waals surface area contributed by atoms with Crippen LogP contribution in [0, 0.1) is 0 Å². The average molecular weight is 530 g/mol. The van der Waals surface area contributed by atoms with Crippen LogP contribution in [0.4, 0.5) is 23.3 Å². The first-order chi connectivity index (χ1) is 18.7. The molecule has 0 spiro atoms. The molecule has 2 aromatic carbocycles. The van der Waals surface area contributed by atoms with Crippen molar-refractivity contribution in [2.24, 2.45) is 0 Å². The molecule has 3 aromatic rings. The summed E-state index contributed by atoms with van der Waals surface area (Å²) in [7, 11) is 0. The maximum Gasteiger partial charge on any atom is 0.232 e. The number of piperazine rings is 1. The van der Waals surface area contributed by atoms with Gasteiger partial charge in [-0.05, 0) is 54.7 Å². The Morgan fingerprint density at radius 3 is 2.34 bits per heavy atom. The zero-order valence-corrected chi connectivity index (χ0v) is 22.5. The van der Waals surface area contributed by atoms with Crippen LogP contribution in [0.3, 0.4) is 0 Å². The second kappa shape index (κ2) is 11.5. The Balaban J connectivity index is 1.20. The number of para-hydroxylation sites is 1. The van der Waals surface area contributed by atoms with E-state index >= 15 is 0 Å². The molecule has 1 atom stereocenters. The third kappa shape index (κ3) is 5.84. The number of thiocarbonyl (C=S) groups is 1. The fourth-order valence-electron chi connectivity index (χ4n) is 5.48. The number of hydrogen-bond donors (Lipinski definition) is 2. The third-order valence-corrected chi connectivity index (χ3v) is 7.86. The highest BCUT2D eigenvalue weighted by atomic mass is 32.1. The molecule has 0 aliphatic carbocycles. The second-order valence-electron chi connectivity index (χ2n) is 10.1. The first-order valence-corrected chi connectivity index (χ1v) is 14.0. The van der Waals surface area contributed by atoms with E-state index in [1.165, 1.54) is 16.8 Å². The Bertz CT molecular complexity index is 1240. The molecular weight excluding hydrogens is 494 g/mol. The molecule has 2 fully saturated rings. The number of ether oxygens (including phenoxy) is 1. The minimum absolute atomic E-state index is 0.215. The van der Waals surface area contributed by atoms with Gasteiger partial charge in [0.1, 0.15) is 11.6 Å². The molecule has 1 aromatic heterocycles. The minimum atomic E-state index is 0.215. The molecule has 198 valence electrons. The van der Waals surface area contributed by atoms with Gasteiger partial charge in [0, 0.05) is 64.2 Å². The van der Waals surface area contributed by atoms with Crippen LogP contribution in [-0.4, -0.2) is 67.1 Å². The lowest BCUT2D eigenvalue weighted by Gasteiger charge is -2.37. The summed E-state index contributed by atoms with van der Waals surface area (Å²) in [5.41, 5.74) is 4.05. The van der Waals surface area contributed by atoms with Crippen molar-refractivity contribution >= 4 is 40.6 Å². The Labute approximate surface area is 230 Å². The molecule has 4 heterocycles. The first-order valence-electron chi connectivity index (χ1n) is 13.6. The van der Waals surface area contributed by atoms with Crippen LogP contribution in [0.1, 0.15) is 24.0 Å². The molecule has 3 aliphatic heterocycles. The summed E-state index contributed by atoms with van der Waals surface area (Å²) >= 11 is 5.60. The van der Waals surface area contributed by atoms with Crippen molar-refractivity contribution in [2.75, 3.05) is 65.9 Å². The molecule has 38 heavy (non-hydrogen) atoms. The van der Waals surface area contributed by atoms with Gasteiger partial charge in [-0.1, -0.05) is 42.5 Å². The number of anilines is 4. The summed E-state index contributed by atoms with van der Waals surface area (Å²) in [6, 6.07) is 21.5. The molecule has 2 saturated heterocycles. The number of nitrogens with one attached hydrogen (secondary N) is 2. The molecule has 0 bridgehead atoms. The van der Waals surface area contributed by atoms with Crippen molar-refractivity contribution in [3.8, 4) is 0 Å². The SMILES string of the molecule is S=C(NCC1CCCO1)Nc1nc(N2CCN(c3ccccc3)CC2)cc(N2CCc3ccccc3C2)n1. The van der Waals surface area contributed by atoms with Crippen molar-refractivity contribution in [3.63, 3.8) is 0 Å². The number of fused-ring (bicyclic) bond motifs is 1. The molecule has 6 rings (SSSR count). The molecule has 2 N–H and O–H groups in total. The third-order valence-electron chi connectivity index (χ3n) is 7.62. The Kier molecular flexibility index (Phi) is 7.55. The van der Waals surface area contributed by atoms with Gasteiger partial charge >= 0.3 is 0 Å². The van der Waals surface area contributed by atoms with E-state index in [1.54, 1.807) is 0 Å². The first kappa shape index (κ1) is 24.9. The van der Waals surface area contributed by atoms with Gasteiger partial charge in [-0.2, -0.15) is 9.97 Å². The maximum atomic E-state index is 5.72. The number of benzene rings is 2. The normalized spacial score (nSPS) is 19.3. The van der Waals surface area contributed by atoms with E-state index in [4.69, 9.17) is 26.9 Å². The van der Waals surface area contributed by atoms with Crippen molar-refractivity contribution < 1.29 is 4.74 Å². The van der Waals surface area contributed by atoms with Gasteiger partial charge in [0.05, 0.1) is 6.10 Å². The number of rotatable bonds is 6. The van der Waals surface area contributed by atoms with Crippen molar-refractivity contribution in [2.45, 2.75) is 31.9 Å². The van der Waals surface area contributed by atoms with Crippen molar-refractivity contribution in [3.05, 3.63) is 71.8 Å². The zero-order valence-electron chi connectivity index (χ0n) is 21.7. The van der Waals surface area contributed by atoms with E-state index in [9.17, 15) is 0 Å². The predicted molar refractivity (Wildman–Crippen MR) is 157 cm³/mol. The Morgan fingerprint density at radius 2 is 1.58 bits per heavy atom. The Morgan fingerprint density at radius 1 is 0.868 bits per heavy atom. The molecule has 0 amide bonds. The van der Waals surface area contributed by atoms with Crippen LogP contribution in [0.5, 0.6) is 0 Å². The van der Waals surface area contributed by atoms with Crippen LogP contribution in [-0.2, 0) is 17.7 Å². The molecule has 1 unspecified atom stereocenters. The summed E-state index contributed by atoms with van der Waals surface area (Å²) in [6.45, 7) is 6.99. The fourth-order valence-corrected chi connectivity index (χ4v) is 5.66. The summed E-state index contributed by atoms with van der Waals surface area (Å²) in [5.74, 6) is 2.40. The van der Waals surface area contributed by atoms with E-state index in [0.717, 1.165) is 76.8 Å². The fraction of sp³-hybridized carbons (Fsp3) is 0.414. The van der Waals surface area contributed by atoms with Gasteiger partial charge in [-0.15, -0.1) is 0 Å². The molecule has 0 saturated carbocycles. The van der Waals surface area contributed by atoms with Crippen LogP contribution in [0.15, 0.2) is 60.7 Å². The molecule has 8 nitrogen and oxygen atoms in total. The quantitative estimate of drug-likeness (QED) is 0.464. The lowest BCUT2D eigenvalue weighted by molar-refractivity contribution is 0.114. The standard InChI is InChI=1S/C29H35N7OS/c38-29(30-20-25-11-6-18-37-25)33-28-31-26(35-16-14-34(15-17-35)24-9-2-1-3-10-24)19-27(32-28)36-13-12-22-7-4-5-8-23(22)21-36/h1-5,7-10,19,25H,6,11-18,20-21H2,(H2,30,31,32,33,38). The van der Waals surface area contributed by atoms with Crippen molar-refractivity contribution in [1.82, 2.24) is 15.3 Å². The van der Waals surface area contributed by atoms with E-state index in [-0.39, 0.29) is 6.10 Å². The van der Waals surface area contributed by atoms with E-state index < -0.39 is 0 Å². The lowest BCUT2D eigenvalue weighted by atomic mass is 10.00. The number of nitrogens with zero attached hydrogens (tertiary/aromatic N) is 5. The van der Waals surface area contributed by atoms with Gasteiger partial charge in [0.25, 0.3) is 0 Å². The van der Waals surface area contributed by atoms with Crippen LogP contribution in [0.25, 0.3) is 0 Å². The van der Waals surface area contributed by atoms with Gasteiger partial charge < -0.3 is 30.1 Å². The van der Waals surface area contributed by atoms with E-state index in [2.05, 4.69) is 86.0 Å².